The third-order valence-electron chi connectivity index (χ3n) is 6.37. The smallest absolute Gasteiger partial charge is 0.255 e. The highest BCUT2D eigenvalue weighted by atomic mass is 79.9. The molecule has 0 spiro atoms. The molecule has 2 amide bonds. The highest BCUT2D eigenvalue weighted by Crippen LogP contribution is 2.44. The zero-order chi connectivity index (χ0) is 25.9. The number of hydroxylamine groups is 1. The summed E-state index contributed by atoms with van der Waals surface area (Å²) in [5.74, 6) is -1.27. The number of benzene rings is 1. The van der Waals surface area contributed by atoms with Crippen LogP contribution in [0.25, 0.3) is 0 Å². The quantitative estimate of drug-likeness (QED) is 0.450. The maximum atomic E-state index is 13.8. The number of amides is 2. The molecule has 4 rings (SSSR count). The topological polar surface area (TPSA) is 102 Å². The molecule has 2 atom stereocenters. The van der Waals surface area contributed by atoms with E-state index < -0.39 is 32.7 Å². The first-order valence-corrected chi connectivity index (χ1v) is 15.4. The number of thiophene rings is 1. The van der Waals surface area contributed by atoms with Gasteiger partial charge in [0.1, 0.15) is 4.75 Å². The van der Waals surface area contributed by atoms with E-state index in [1.54, 1.807) is 18.2 Å². The second kappa shape index (κ2) is 11.7. The van der Waals surface area contributed by atoms with Gasteiger partial charge in [-0.05, 0) is 65.5 Å². The fourth-order valence-electron chi connectivity index (χ4n) is 4.40. The molecule has 13 heteroatoms. The van der Waals surface area contributed by atoms with Crippen molar-refractivity contribution in [1.29, 1.82) is 0 Å². The van der Waals surface area contributed by atoms with Gasteiger partial charge in [-0.3, -0.25) is 9.59 Å². The van der Waals surface area contributed by atoms with Gasteiger partial charge in [-0.1, -0.05) is 23.2 Å². The first kappa shape index (κ1) is 27.8. The Hall–Kier alpha value is -1.21. The van der Waals surface area contributed by atoms with Gasteiger partial charge >= 0.3 is 0 Å². The van der Waals surface area contributed by atoms with Crippen LogP contribution in [0.3, 0.4) is 0 Å². The van der Waals surface area contributed by atoms with Gasteiger partial charge in [-0.15, -0.1) is 11.3 Å². The lowest BCUT2D eigenvalue weighted by molar-refractivity contribution is -0.200. The summed E-state index contributed by atoms with van der Waals surface area (Å²) >= 11 is 16.8. The Labute approximate surface area is 232 Å². The molecule has 0 aliphatic carbocycles. The molecule has 1 aromatic carbocycles. The number of ether oxygens (including phenoxy) is 1. The van der Waals surface area contributed by atoms with Gasteiger partial charge in [0, 0.05) is 36.0 Å². The number of hydrogen-bond donors (Lipinski definition) is 1. The Morgan fingerprint density at radius 2 is 2.03 bits per heavy atom. The average molecular weight is 640 g/mol. The first-order valence-electron chi connectivity index (χ1n) is 11.4. The first-order chi connectivity index (χ1) is 17.1. The summed E-state index contributed by atoms with van der Waals surface area (Å²) in [6, 6.07) is 8.01. The van der Waals surface area contributed by atoms with Gasteiger partial charge in [0.05, 0.1) is 26.5 Å². The second-order valence-electron chi connectivity index (χ2n) is 8.70. The van der Waals surface area contributed by atoms with Crippen LogP contribution in [0.5, 0.6) is 0 Å². The van der Waals surface area contributed by atoms with Crippen molar-refractivity contribution >= 4 is 72.1 Å². The van der Waals surface area contributed by atoms with E-state index in [-0.39, 0.29) is 42.3 Å². The summed E-state index contributed by atoms with van der Waals surface area (Å²) in [5.41, 5.74) is 2.63. The monoisotopic (exact) mass is 638 g/mol. The van der Waals surface area contributed by atoms with Crippen molar-refractivity contribution < 1.29 is 27.6 Å². The summed E-state index contributed by atoms with van der Waals surface area (Å²) in [5, 5.41) is 0.582. The molecule has 0 bridgehead atoms. The van der Waals surface area contributed by atoms with Crippen LogP contribution < -0.4 is 5.48 Å². The number of hydrogen-bond acceptors (Lipinski definition) is 7. The van der Waals surface area contributed by atoms with E-state index in [0.29, 0.717) is 22.9 Å². The Morgan fingerprint density at radius 1 is 1.22 bits per heavy atom. The van der Waals surface area contributed by atoms with Gasteiger partial charge < -0.3 is 9.64 Å². The van der Waals surface area contributed by atoms with Crippen LogP contribution in [0.2, 0.25) is 10.0 Å². The van der Waals surface area contributed by atoms with Crippen molar-refractivity contribution in [2.75, 3.05) is 25.4 Å². The average Bonchev–Trinajstić information content (AvgIpc) is 3.23. The molecule has 2 aliphatic rings. The predicted molar refractivity (Wildman–Crippen MR) is 142 cm³/mol. The molecule has 3 heterocycles. The highest BCUT2D eigenvalue weighted by molar-refractivity contribution is 9.11. The Kier molecular flexibility index (Phi) is 9.02. The minimum Gasteiger partial charge on any atom is -0.350 e. The van der Waals surface area contributed by atoms with Crippen LogP contribution in [0.4, 0.5) is 0 Å². The molecule has 1 aromatic heterocycles. The SMILES string of the molecule is O=C(CC1(c2ccc(Br)s2)CCN(C(=O)c2ccc(Cl)cc2Cl)CCS1(=O)=O)NOC1CCCCO1. The lowest BCUT2D eigenvalue weighted by Crippen LogP contribution is -2.43. The largest absolute Gasteiger partial charge is 0.350 e. The molecule has 196 valence electrons. The summed E-state index contributed by atoms with van der Waals surface area (Å²) < 4.78 is 32.2. The number of rotatable bonds is 6. The summed E-state index contributed by atoms with van der Waals surface area (Å²) in [4.78, 5) is 33.6. The van der Waals surface area contributed by atoms with Crippen molar-refractivity contribution in [2.24, 2.45) is 0 Å². The molecule has 0 saturated carbocycles. The molecular formula is C23H25BrCl2N2O6S2. The summed E-state index contributed by atoms with van der Waals surface area (Å²) in [7, 11) is -3.87. The minimum atomic E-state index is -3.87. The fourth-order valence-corrected chi connectivity index (χ4v) is 8.87. The molecule has 2 fully saturated rings. The molecule has 36 heavy (non-hydrogen) atoms. The van der Waals surface area contributed by atoms with Crippen molar-refractivity contribution in [3.8, 4) is 0 Å². The van der Waals surface area contributed by atoms with Crippen LogP contribution in [0.1, 0.15) is 47.3 Å². The van der Waals surface area contributed by atoms with E-state index in [1.807, 2.05) is 0 Å². The third-order valence-corrected chi connectivity index (χ3v) is 11.4. The molecular weight excluding hydrogens is 615 g/mol. The number of sulfone groups is 1. The van der Waals surface area contributed by atoms with Crippen LogP contribution in [-0.2, 0) is 29.0 Å². The van der Waals surface area contributed by atoms with Gasteiger partial charge in [0.15, 0.2) is 16.1 Å². The second-order valence-corrected chi connectivity index (χ2v) is 14.4. The lowest BCUT2D eigenvalue weighted by Gasteiger charge is -2.31. The summed E-state index contributed by atoms with van der Waals surface area (Å²) in [6.45, 7) is 0.637. The summed E-state index contributed by atoms with van der Waals surface area (Å²) in [6.07, 6.45) is 1.62. The van der Waals surface area contributed by atoms with Crippen molar-refractivity contribution in [2.45, 2.75) is 43.1 Å². The molecule has 1 N–H and O–H groups in total. The van der Waals surface area contributed by atoms with E-state index in [2.05, 4.69) is 21.4 Å². The fraction of sp³-hybridized carbons (Fsp3) is 0.478. The molecule has 0 radical (unpaired) electrons. The third kappa shape index (κ3) is 6.09. The highest BCUT2D eigenvalue weighted by Gasteiger charge is 2.50. The van der Waals surface area contributed by atoms with E-state index in [1.165, 1.54) is 28.4 Å². The van der Waals surface area contributed by atoms with Gasteiger partial charge in [0.25, 0.3) is 5.91 Å². The number of nitrogens with zero attached hydrogens (tertiary/aromatic N) is 1. The van der Waals surface area contributed by atoms with Crippen molar-refractivity contribution in [1.82, 2.24) is 10.4 Å². The Morgan fingerprint density at radius 3 is 2.69 bits per heavy atom. The lowest BCUT2D eigenvalue weighted by atomic mass is 9.97. The predicted octanol–water partition coefficient (Wildman–Crippen LogP) is 4.94. The molecule has 2 saturated heterocycles. The molecule has 2 unspecified atom stereocenters. The van der Waals surface area contributed by atoms with E-state index >= 15 is 0 Å². The molecule has 2 aliphatic heterocycles. The van der Waals surface area contributed by atoms with Crippen LogP contribution in [-0.4, -0.2) is 56.9 Å². The van der Waals surface area contributed by atoms with Crippen LogP contribution in [0.15, 0.2) is 34.1 Å². The van der Waals surface area contributed by atoms with Crippen molar-refractivity contribution in [3.05, 3.63) is 54.6 Å². The number of carbonyl (C=O) groups is 2. The van der Waals surface area contributed by atoms with Crippen LogP contribution >= 0.6 is 50.5 Å². The normalized spacial score (nSPS) is 24.2. The number of carbonyl (C=O) groups excluding carboxylic acids is 2. The molecule has 8 nitrogen and oxygen atoms in total. The van der Waals surface area contributed by atoms with E-state index in [4.69, 9.17) is 32.8 Å². The number of halogens is 3. The van der Waals surface area contributed by atoms with Gasteiger partial charge in [-0.25, -0.2) is 18.7 Å². The van der Waals surface area contributed by atoms with Crippen LogP contribution in [0, 0.1) is 0 Å². The number of nitrogens with one attached hydrogen (secondary N) is 1. The Balaban J connectivity index is 1.58. The zero-order valence-electron chi connectivity index (χ0n) is 19.2. The molecule has 2 aromatic rings. The van der Waals surface area contributed by atoms with Crippen molar-refractivity contribution in [3.63, 3.8) is 0 Å². The zero-order valence-corrected chi connectivity index (χ0v) is 23.9. The minimum absolute atomic E-state index is 0.0253. The Bertz CT molecular complexity index is 1230. The van der Waals surface area contributed by atoms with E-state index in [9.17, 15) is 18.0 Å². The maximum absolute atomic E-state index is 13.8. The van der Waals surface area contributed by atoms with Gasteiger partial charge in [-0.2, -0.15) is 0 Å². The van der Waals surface area contributed by atoms with Gasteiger partial charge in [0.2, 0.25) is 5.91 Å². The van der Waals surface area contributed by atoms with E-state index in [0.717, 1.165) is 16.6 Å². The maximum Gasteiger partial charge on any atom is 0.255 e. The standard InChI is InChI=1S/C23H25BrCl2N2O6S2/c24-19-7-6-18(35-19)23(14-20(29)27-34-21-3-1-2-11-33-21)8-9-28(10-12-36(23,31)32)22(30)16-5-4-15(25)13-17(16)26/h4-7,13,21H,1-3,8-12,14H2,(H,27,29).